The molecule has 2 heterocycles. The second kappa shape index (κ2) is 3.90. The molecule has 3 nitrogen and oxygen atoms in total. The third-order valence-corrected chi connectivity index (χ3v) is 2.03. The van der Waals surface area contributed by atoms with Crippen LogP contribution < -0.4 is 0 Å². The summed E-state index contributed by atoms with van der Waals surface area (Å²) in [6.07, 6.45) is 4.61. The van der Waals surface area contributed by atoms with Gasteiger partial charge in [-0.15, -0.1) is 0 Å². The Labute approximate surface area is 90.8 Å². The van der Waals surface area contributed by atoms with Gasteiger partial charge in [-0.25, -0.2) is 9.97 Å². The quantitative estimate of drug-likeness (QED) is 0.750. The third-order valence-electron chi connectivity index (χ3n) is 1.61. The lowest BCUT2D eigenvalue weighted by Crippen LogP contribution is -1.88. The Morgan fingerprint density at radius 2 is 1.57 bits per heavy atom. The molecule has 0 radical (unpaired) electrons. The van der Waals surface area contributed by atoms with E-state index in [1.807, 2.05) is 0 Å². The van der Waals surface area contributed by atoms with Crippen molar-refractivity contribution < 1.29 is 0 Å². The molecule has 2 aromatic rings. The summed E-state index contributed by atoms with van der Waals surface area (Å²) in [6, 6.07) is 3.53. The number of aromatic nitrogens is 3. The normalized spacial score (nSPS) is 10.1. The second-order valence-corrected chi connectivity index (χ2v) is 3.41. The van der Waals surface area contributed by atoms with Gasteiger partial charge in [0.25, 0.3) is 0 Å². The summed E-state index contributed by atoms with van der Waals surface area (Å²) in [7, 11) is 0. The number of pyridine rings is 1. The molecule has 0 spiro atoms. The van der Waals surface area contributed by atoms with Crippen molar-refractivity contribution in [2.24, 2.45) is 0 Å². The Balaban J connectivity index is 2.40. The Bertz CT molecular complexity index is 381. The molecule has 2 rings (SSSR count). The first-order valence-electron chi connectivity index (χ1n) is 3.85. The predicted molar refractivity (Wildman–Crippen MR) is 55.3 cm³/mol. The van der Waals surface area contributed by atoms with E-state index < -0.39 is 0 Å². The van der Waals surface area contributed by atoms with Crippen molar-refractivity contribution in [2.75, 3.05) is 0 Å². The highest BCUT2D eigenvalue weighted by Gasteiger charge is 2.00. The molecule has 0 aliphatic carbocycles. The molecule has 70 valence electrons. The van der Waals surface area contributed by atoms with Gasteiger partial charge in [-0.3, -0.25) is 4.98 Å². The first-order chi connectivity index (χ1) is 6.75. The maximum atomic E-state index is 5.70. The fraction of sp³-hybridized carbons (Fsp3) is 0. The van der Waals surface area contributed by atoms with Crippen LogP contribution in [0.3, 0.4) is 0 Å². The van der Waals surface area contributed by atoms with Crippen molar-refractivity contribution in [3.63, 3.8) is 0 Å². The van der Waals surface area contributed by atoms with Crippen LogP contribution in [-0.4, -0.2) is 15.0 Å². The van der Waals surface area contributed by atoms with E-state index in [-0.39, 0.29) is 0 Å². The van der Waals surface area contributed by atoms with E-state index in [4.69, 9.17) is 23.2 Å². The van der Waals surface area contributed by atoms with Crippen molar-refractivity contribution in [3.8, 4) is 11.4 Å². The second-order valence-electron chi connectivity index (χ2n) is 2.59. The van der Waals surface area contributed by atoms with Crippen LogP contribution in [0.5, 0.6) is 0 Å². The fourth-order valence-corrected chi connectivity index (χ4v) is 1.18. The lowest BCUT2D eigenvalue weighted by molar-refractivity contribution is 1.18. The zero-order chi connectivity index (χ0) is 9.97. The topological polar surface area (TPSA) is 38.7 Å². The van der Waals surface area contributed by atoms with E-state index in [0.29, 0.717) is 15.9 Å². The molecule has 0 fully saturated rings. The van der Waals surface area contributed by atoms with E-state index in [1.54, 1.807) is 24.5 Å². The summed E-state index contributed by atoms with van der Waals surface area (Å²) in [4.78, 5) is 12.1. The summed E-state index contributed by atoms with van der Waals surface area (Å²) >= 11 is 11.3. The van der Waals surface area contributed by atoms with Crippen LogP contribution in [0.1, 0.15) is 0 Å². The number of hydrogen-bond donors (Lipinski definition) is 0. The predicted octanol–water partition coefficient (Wildman–Crippen LogP) is 2.85. The largest absolute Gasteiger partial charge is 0.253 e. The zero-order valence-electron chi connectivity index (χ0n) is 6.98. The Kier molecular flexibility index (Phi) is 2.61. The molecule has 0 aliphatic rings. The van der Waals surface area contributed by atoms with Gasteiger partial charge >= 0.3 is 0 Å². The molecule has 14 heavy (non-hydrogen) atoms. The summed E-state index contributed by atoms with van der Waals surface area (Å²) in [5.41, 5.74) is 1.39. The summed E-state index contributed by atoms with van der Waals surface area (Å²) in [5, 5.41) is 0.957. The van der Waals surface area contributed by atoms with Crippen molar-refractivity contribution in [2.45, 2.75) is 0 Å². The van der Waals surface area contributed by atoms with E-state index >= 15 is 0 Å². The Hall–Kier alpha value is -1.19. The molecule has 0 bridgehead atoms. The SMILES string of the molecule is Clc1ccc(-c2cnc(Cl)cn2)nc1. The number of halogens is 2. The molecule has 0 saturated carbocycles. The monoisotopic (exact) mass is 225 g/mol. The Morgan fingerprint density at radius 3 is 2.14 bits per heavy atom. The third kappa shape index (κ3) is 2.00. The average molecular weight is 226 g/mol. The van der Waals surface area contributed by atoms with Gasteiger partial charge in [0.1, 0.15) is 10.8 Å². The van der Waals surface area contributed by atoms with Gasteiger partial charge in [-0.1, -0.05) is 23.2 Å². The van der Waals surface area contributed by atoms with Gasteiger partial charge in [0.2, 0.25) is 0 Å². The molecule has 0 aliphatic heterocycles. The van der Waals surface area contributed by atoms with Crippen LogP contribution in [-0.2, 0) is 0 Å². The van der Waals surface area contributed by atoms with Gasteiger partial charge in [0.05, 0.1) is 23.1 Å². The summed E-state index contributed by atoms with van der Waals surface area (Å²) < 4.78 is 0. The van der Waals surface area contributed by atoms with Crippen LogP contribution in [0, 0.1) is 0 Å². The number of hydrogen-bond acceptors (Lipinski definition) is 3. The first kappa shape index (κ1) is 9.37. The van der Waals surface area contributed by atoms with Crippen molar-refractivity contribution in [1.29, 1.82) is 0 Å². The van der Waals surface area contributed by atoms with Crippen LogP contribution in [0.15, 0.2) is 30.7 Å². The molecule has 5 heteroatoms. The van der Waals surface area contributed by atoms with Crippen LogP contribution >= 0.6 is 23.2 Å². The zero-order valence-corrected chi connectivity index (χ0v) is 8.50. The highest BCUT2D eigenvalue weighted by atomic mass is 35.5. The molecule has 0 saturated heterocycles. The standard InChI is InChI=1S/C9H5Cl2N3/c10-6-1-2-7(12-3-6)8-4-14-9(11)5-13-8/h1-5H. The minimum absolute atomic E-state index is 0.364. The van der Waals surface area contributed by atoms with E-state index in [2.05, 4.69) is 15.0 Å². The summed E-state index contributed by atoms with van der Waals surface area (Å²) in [5.74, 6) is 0. The van der Waals surface area contributed by atoms with Gasteiger partial charge in [0.15, 0.2) is 0 Å². The van der Waals surface area contributed by atoms with Crippen molar-refractivity contribution in [1.82, 2.24) is 15.0 Å². The molecular formula is C9H5Cl2N3. The van der Waals surface area contributed by atoms with Gasteiger partial charge in [0, 0.05) is 6.20 Å². The summed E-state index contributed by atoms with van der Waals surface area (Å²) in [6.45, 7) is 0. The average Bonchev–Trinajstić information content (AvgIpc) is 2.21. The highest BCUT2D eigenvalue weighted by molar-refractivity contribution is 6.30. The van der Waals surface area contributed by atoms with E-state index in [9.17, 15) is 0 Å². The highest BCUT2D eigenvalue weighted by Crippen LogP contribution is 2.16. The maximum Gasteiger partial charge on any atom is 0.147 e. The molecular weight excluding hydrogens is 221 g/mol. The number of nitrogens with zero attached hydrogens (tertiary/aromatic N) is 3. The smallest absolute Gasteiger partial charge is 0.147 e. The molecule has 0 amide bonds. The molecule has 0 N–H and O–H groups in total. The van der Waals surface area contributed by atoms with Crippen molar-refractivity contribution >= 4 is 23.2 Å². The fourth-order valence-electron chi connectivity index (χ4n) is 0.972. The van der Waals surface area contributed by atoms with E-state index in [1.165, 1.54) is 6.20 Å². The minimum Gasteiger partial charge on any atom is -0.253 e. The first-order valence-corrected chi connectivity index (χ1v) is 4.61. The van der Waals surface area contributed by atoms with Crippen LogP contribution in [0.4, 0.5) is 0 Å². The van der Waals surface area contributed by atoms with E-state index in [0.717, 1.165) is 5.69 Å². The minimum atomic E-state index is 0.364. The lowest BCUT2D eigenvalue weighted by Gasteiger charge is -1.98. The van der Waals surface area contributed by atoms with Gasteiger partial charge in [-0.2, -0.15) is 0 Å². The molecule has 2 aromatic heterocycles. The Morgan fingerprint density at radius 1 is 0.786 bits per heavy atom. The van der Waals surface area contributed by atoms with Gasteiger partial charge in [-0.05, 0) is 12.1 Å². The maximum absolute atomic E-state index is 5.70. The van der Waals surface area contributed by atoms with Crippen LogP contribution in [0.2, 0.25) is 10.2 Å². The molecule has 0 atom stereocenters. The van der Waals surface area contributed by atoms with Crippen LogP contribution in [0.25, 0.3) is 11.4 Å². The molecule has 0 unspecified atom stereocenters. The van der Waals surface area contributed by atoms with Crippen molar-refractivity contribution in [3.05, 3.63) is 40.9 Å². The van der Waals surface area contributed by atoms with Gasteiger partial charge < -0.3 is 0 Å². The molecule has 0 aromatic carbocycles. The lowest BCUT2D eigenvalue weighted by atomic mass is 10.3. The number of rotatable bonds is 1.